The molecule has 1 atom stereocenters. The van der Waals surface area contributed by atoms with Gasteiger partial charge in [-0.3, -0.25) is 9.69 Å². The van der Waals surface area contributed by atoms with E-state index in [-0.39, 0.29) is 5.82 Å². The van der Waals surface area contributed by atoms with E-state index in [9.17, 15) is 14.3 Å². The minimum atomic E-state index is -0.871. The maximum absolute atomic E-state index is 13.4. The van der Waals surface area contributed by atoms with Gasteiger partial charge in [0, 0.05) is 6.04 Å². The molecule has 0 heterocycles. The lowest BCUT2D eigenvalue weighted by Crippen LogP contribution is -2.40. The van der Waals surface area contributed by atoms with Crippen LogP contribution in [0.3, 0.4) is 0 Å². The van der Waals surface area contributed by atoms with Gasteiger partial charge in [-0.1, -0.05) is 31.4 Å². The lowest BCUT2D eigenvalue weighted by molar-refractivity contribution is -0.144. The van der Waals surface area contributed by atoms with Crippen LogP contribution >= 0.6 is 0 Å². The molecule has 1 saturated carbocycles. The number of nitrogens with zero attached hydrogens (tertiary/aromatic N) is 1. The highest BCUT2D eigenvalue weighted by molar-refractivity contribution is 5.75. The minimum Gasteiger partial charge on any atom is -0.480 e. The Hall–Kier alpha value is -1.42. The standard InChI is InChI=1S/C16H22FNO2/c1-11-10-12(8-9-14(11)17)15(16(19)20)18(2)13-6-4-3-5-7-13/h8-10,13,15H,3-7H2,1-2H3,(H,19,20). The summed E-state index contributed by atoms with van der Waals surface area (Å²) in [6.45, 7) is 1.67. The van der Waals surface area contributed by atoms with E-state index < -0.39 is 12.0 Å². The van der Waals surface area contributed by atoms with E-state index >= 15 is 0 Å². The summed E-state index contributed by atoms with van der Waals surface area (Å²) >= 11 is 0. The monoisotopic (exact) mass is 279 g/mol. The number of carbonyl (C=O) groups is 1. The predicted octanol–water partition coefficient (Wildman–Crippen LogP) is 3.52. The molecule has 4 heteroatoms. The fraction of sp³-hybridized carbons (Fsp3) is 0.562. The van der Waals surface area contributed by atoms with E-state index in [0.29, 0.717) is 17.2 Å². The molecule has 1 aliphatic rings. The van der Waals surface area contributed by atoms with Crippen LogP contribution in [-0.2, 0) is 4.79 Å². The number of halogens is 1. The van der Waals surface area contributed by atoms with Crippen LogP contribution in [0.2, 0.25) is 0 Å². The van der Waals surface area contributed by atoms with Crippen molar-refractivity contribution < 1.29 is 14.3 Å². The maximum atomic E-state index is 13.4. The van der Waals surface area contributed by atoms with Crippen LogP contribution in [0.4, 0.5) is 4.39 Å². The molecule has 0 aromatic heterocycles. The Morgan fingerprint density at radius 1 is 1.35 bits per heavy atom. The zero-order valence-corrected chi connectivity index (χ0v) is 12.1. The molecule has 3 nitrogen and oxygen atoms in total. The van der Waals surface area contributed by atoms with Crippen molar-refractivity contribution in [3.8, 4) is 0 Å². The second kappa shape index (κ2) is 6.35. The molecule has 1 unspecified atom stereocenters. The number of benzene rings is 1. The quantitative estimate of drug-likeness (QED) is 0.916. The van der Waals surface area contributed by atoms with Crippen LogP contribution in [0.25, 0.3) is 0 Å². The lowest BCUT2D eigenvalue weighted by atomic mass is 9.92. The molecule has 1 N–H and O–H groups in total. The molecular weight excluding hydrogens is 257 g/mol. The summed E-state index contributed by atoms with van der Waals surface area (Å²) in [5.41, 5.74) is 1.15. The Labute approximate surface area is 119 Å². The maximum Gasteiger partial charge on any atom is 0.325 e. The summed E-state index contributed by atoms with van der Waals surface area (Å²) in [6.07, 6.45) is 5.63. The summed E-state index contributed by atoms with van der Waals surface area (Å²) in [6, 6.07) is 4.19. The summed E-state index contributed by atoms with van der Waals surface area (Å²) in [7, 11) is 1.87. The SMILES string of the molecule is Cc1cc(C(C(=O)O)N(C)C2CCCCC2)ccc1F. The van der Waals surface area contributed by atoms with Crippen molar-refractivity contribution in [1.29, 1.82) is 0 Å². The molecular formula is C16H22FNO2. The van der Waals surface area contributed by atoms with Crippen LogP contribution < -0.4 is 0 Å². The third-order valence-electron chi connectivity index (χ3n) is 4.29. The van der Waals surface area contributed by atoms with Gasteiger partial charge in [-0.05, 0) is 44.0 Å². The molecule has 0 bridgehead atoms. The van der Waals surface area contributed by atoms with Crippen LogP contribution in [0.5, 0.6) is 0 Å². The highest BCUT2D eigenvalue weighted by Crippen LogP contribution is 2.29. The van der Waals surface area contributed by atoms with E-state index in [2.05, 4.69) is 0 Å². The van der Waals surface area contributed by atoms with E-state index in [1.165, 1.54) is 12.5 Å². The van der Waals surface area contributed by atoms with Crippen molar-refractivity contribution in [2.45, 2.75) is 51.1 Å². The van der Waals surface area contributed by atoms with E-state index in [4.69, 9.17) is 0 Å². The number of rotatable bonds is 4. The molecule has 1 aromatic rings. The van der Waals surface area contributed by atoms with Gasteiger partial charge in [0.2, 0.25) is 0 Å². The Morgan fingerprint density at radius 3 is 2.55 bits per heavy atom. The second-order valence-electron chi connectivity index (χ2n) is 5.71. The average molecular weight is 279 g/mol. The summed E-state index contributed by atoms with van der Waals surface area (Å²) in [5.74, 6) is -1.16. The van der Waals surface area contributed by atoms with E-state index in [1.54, 1.807) is 19.1 Å². The number of aliphatic carboxylic acids is 1. The van der Waals surface area contributed by atoms with Crippen molar-refractivity contribution >= 4 is 5.97 Å². The molecule has 2 rings (SSSR count). The van der Waals surface area contributed by atoms with Crippen molar-refractivity contribution in [2.75, 3.05) is 7.05 Å². The summed E-state index contributed by atoms with van der Waals surface area (Å²) < 4.78 is 13.4. The van der Waals surface area contributed by atoms with Gasteiger partial charge in [-0.15, -0.1) is 0 Å². The molecule has 1 aromatic carbocycles. The second-order valence-corrected chi connectivity index (χ2v) is 5.71. The number of hydrogen-bond donors (Lipinski definition) is 1. The van der Waals surface area contributed by atoms with E-state index in [1.807, 2.05) is 11.9 Å². The Bertz CT molecular complexity index is 483. The molecule has 1 fully saturated rings. The van der Waals surface area contributed by atoms with Crippen molar-refractivity contribution in [3.63, 3.8) is 0 Å². The van der Waals surface area contributed by atoms with Crippen molar-refractivity contribution in [1.82, 2.24) is 4.90 Å². The zero-order valence-electron chi connectivity index (χ0n) is 12.1. The minimum absolute atomic E-state index is 0.293. The smallest absolute Gasteiger partial charge is 0.325 e. The third-order valence-corrected chi connectivity index (χ3v) is 4.29. The molecule has 0 spiro atoms. The molecule has 110 valence electrons. The van der Waals surface area contributed by atoms with Crippen LogP contribution in [0, 0.1) is 12.7 Å². The van der Waals surface area contributed by atoms with Crippen LogP contribution in [0.1, 0.15) is 49.3 Å². The van der Waals surface area contributed by atoms with Gasteiger partial charge in [0.05, 0.1) is 0 Å². The zero-order chi connectivity index (χ0) is 14.7. The van der Waals surface area contributed by atoms with Gasteiger partial charge in [-0.2, -0.15) is 0 Å². The van der Waals surface area contributed by atoms with Gasteiger partial charge in [0.1, 0.15) is 11.9 Å². The highest BCUT2D eigenvalue weighted by atomic mass is 19.1. The van der Waals surface area contributed by atoms with Gasteiger partial charge in [-0.25, -0.2) is 4.39 Å². The first kappa shape index (κ1) is 15.0. The Balaban J connectivity index is 2.25. The fourth-order valence-corrected chi connectivity index (χ4v) is 3.09. The molecule has 20 heavy (non-hydrogen) atoms. The number of hydrogen-bond acceptors (Lipinski definition) is 2. The fourth-order valence-electron chi connectivity index (χ4n) is 3.09. The van der Waals surface area contributed by atoms with Crippen molar-refractivity contribution in [3.05, 3.63) is 35.1 Å². The summed E-state index contributed by atoms with van der Waals surface area (Å²) in [4.78, 5) is 13.6. The Kier molecular flexibility index (Phi) is 4.76. The number of carboxylic acids is 1. The molecule has 0 amide bonds. The van der Waals surface area contributed by atoms with Crippen molar-refractivity contribution in [2.24, 2.45) is 0 Å². The van der Waals surface area contributed by atoms with Gasteiger partial charge in [0.25, 0.3) is 0 Å². The molecule has 0 saturated heterocycles. The molecule has 1 aliphatic carbocycles. The van der Waals surface area contributed by atoms with E-state index in [0.717, 1.165) is 25.7 Å². The topological polar surface area (TPSA) is 40.5 Å². The number of likely N-dealkylation sites (N-methyl/N-ethyl adjacent to an activating group) is 1. The normalized spacial score (nSPS) is 18.2. The largest absolute Gasteiger partial charge is 0.480 e. The number of carboxylic acid groups (broad SMARTS) is 1. The van der Waals surface area contributed by atoms with Crippen LogP contribution in [-0.4, -0.2) is 29.1 Å². The Morgan fingerprint density at radius 2 is 2.00 bits per heavy atom. The third kappa shape index (κ3) is 3.18. The van der Waals surface area contributed by atoms with Gasteiger partial charge >= 0.3 is 5.97 Å². The predicted molar refractivity (Wildman–Crippen MR) is 76.1 cm³/mol. The first-order valence-corrected chi connectivity index (χ1v) is 7.21. The average Bonchev–Trinajstić information content (AvgIpc) is 2.43. The number of aryl methyl sites for hydroxylation is 1. The van der Waals surface area contributed by atoms with Gasteiger partial charge in [0.15, 0.2) is 0 Å². The molecule has 0 radical (unpaired) electrons. The van der Waals surface area contributed by atoms with Crippen LogP contribution in [0.15, 0.2) is 18.2 Å². The van der Waals surface area contributed by atoms with Gasteiger partial charge < -0.3 is 5.11 Å². The molecule has 0 aliphatic heterocycles. The lowest BCUT2D eigenvalue weighted by Gasteiger charge is -2.35. The first-order valence-electron chi connectivity index (χ1n) is 7.21. The highest BCUT2D eigenvalue weighted by Gasteiger charge is 2.30. The summed E-state index contributed by atoms with van der Waals surface area (Å²) in [5, 5.41) is 9.55. The first-order chi connectivity index (χ1) is 9.50.